The molecular formula is C15H10F3NS. The van der Waals surface area contributed by atoms with E-state index in [1.54, 1.807) is 0 Å². The second kappa shape index (κ2) is 4.92. The molecule has 1 unspecified atom stereocenters. The van der Waals surface area contributed by atoms with Crippen LogP contribution >= 0.6 is 11.3 Å². The fourth-order valence-electron chi connectivity index (χ4n) is 2.17. The third kappa shape index (κ3) is 2.09. The monoisotopic (exact) mass is 293 g/mol. The first kappa shape index (κ1) is 13.1. The summed E-state index contributed by atoms with van der Waals surface area (Å²) < 4.78 is 40.6. The summed E-state index contributed by atoms with van der Waals surface area (Å²) >= 11 is 1.51. The number of benzene rings is 2. The molecule has 0 saturated carbocycles. The van der Waals surface area contributed by atoms with Crippen LogP contribution in [0.3, 0.4) is 0 Å². The fraction of sp³-hybridized carbons (Fsp3) is 0.0667. The SMILES string of the molecule is NC(c1cc(F)c(F)c(F)c1)c1csc2ccccc12. The van der Waals surface area contributed by atoms with E-state index in [0.717, 1.165) is 27.8 Å². The summed E-state index contributed by atoms with van der Waals surface area (Å²) in [7, 11) is 0. The molecule has 20 heavy (non-hydrogen) atoms. The van der Waals surface area contributed by atoms with E-state index in [1.165, 1.54) is 11.3 Å². The summed E-state index contributed by atoms with van der Waals surface area (Å²) in [6.07, 6.45) is 0. The Bertz CT molecular complexity index is 759. The van der Waals surface area contributed by atoms with Crippen molar-refractivity contribution >= 4 is 21.4 Å². The van der Waals surface area contributed by atoms with Gasteiger partial charge in [0.25, 0.3) is 0 Å². The molecule has 102 valence electrons. The van der Waals surface area contributed by atoms with Crippen LogP contribution in [0.1, 0.15) is 17.2 Å². The average Bonchev–Trinajstić information content (AvgIpc) is 2.87. The average molecular weight is 293 g/mol. The molecule has 1 atom stereocenters. The Kier molecular flexibility index (Phi) is 3.23. The van der Waals surface area contributed by atoms with Crippen LogP contribution < -0.4 is 5.73 Å². The van der Waals surface area contributed by atoms with Crippen molar-refractivity contribution < 1.29 is 13.2 Å². The van der Waals surface area contributed by atoms with Gasteiger partial charge in [-0.25, -0.2) is 13.2 Å². The number of thiophene rings is 1. The second-order valence-electron chi connectivity index (χ2n) is 4.46. The van der Waals surface area contributed by atoms with Crippen molar-refractivity contribution in [3.05, 3.63) is 70.4 Å². The summed E-state index contributed by atoms with van der Waals surface area (Å²) in [6.45, 7) is 0. The maximum atomic E-state index is 13.3. The fourth-order valence-corrected chi connectivity index (χ4v) is 3.17. The van der Waals surface area contributed by atoms with Gasteiger partial charge in [-0.05, 0) is 40.1 Å². The van der Waals surface area contributed by atoms with Gasteiger partial charge in [-0.15, -0.1) is 11.3 Å². The maximum Gasteiger partial charge on any atom is 0.194 e. The number of rotatable bonds is 2. The van der Waals surface area contributed by atoms with Crippen molar-refractivity contribution in [1.29, 1.82) is 0 Å². The molecule has 0 aliphatic rings. The highest BCUT2D eigenvalue weighted by atomic mass is 32.1. The first-order valence-corrected chi connectivity index (χ1v) is 6.82. The summed E-state index contributed by atoms with van der Waals surface area (Å²) in [5.74, 6) is -3.93. The zero-order valence-corrected chi connectivity index (χ0v) is 11.1. The molecule has 0 fully saturated rings. The molecular weight excluding hydrogens is 283 g/mol. The minimum absolute atomic E-state index is 0.213. The van der Waals surface area contributed by atoms with E-state index >= 15 is 0 Å². The topological polar surface area (TPSA) is 26.0 Å². The normalized spacial score (nSPS) is 12.8. The zero-order valence-electron chi connectivity index (χ0n) is 10.2. The maximum absolute atomic E-state index is 13.3. The van der Waals surface area contributed by atoms with Crippen LogP contribution in [0.5, 0.6) is 0 Å². The third-order valence-electron chi connectivity index (χ3n) is 3.21. The van der Waals surface area contributed by atoms with Gasteiger partial charge in [0.1, 0.15) is 0 Å². The van der Waals surface area contributed by atoms with Crippen LogP contribution in [0.2, 0.25) is 0 Å². The molecule has 3 rings (SSSR count). The van der Waals surface area contributed by atoms with Gasteiger partial charge in [0.15, 0.2) is 17.5 Å². The molecule has 1 aromatic heterocycles. The number of hydrogen-bond donors (Lipinski definition) is 1. The summed E-state index contributed by atoms with van der Waals surface area (Å²) in [5, 5.41) is 2.80. The molecule has 0 radical (unpaired) electrons. The van der Waals surface area contributed by atoms with Gasteiger partial charge in [-0.1, -0.05) is 18.2 Å². The van der Waals surface area contributed by atoms with E-state index in [0.29, 0.717) is 0 Å². The second-order valence-corrected chi connectivity index (χ2v) is 5.37. The predicted molar refractivity (Wildman–Crippen MR) is 74.2 cm³/mol. The zero-order chi connectivity index (χ0) is 14.3. The Morgan fingerprint density at radius 1 is 1.00 bits per heavy atom. The predicted octanol–water partition coefficient (Wildman–Crippen LogP) is 4.37. The lowest BCUT2D eigenvalue weighted by Crippen LogP contribution is -2.12. The molecule has 1 nitrogen and oxygen atoms in total. The van der Waals surface area contributed by atoms with Crippen LogP contribution in [0.15, 0.2) is 41.8 Å². The number of nitrogens with two attached hydrogens (primary N) is 1. The molecule has 0 amide bonds. The van der Waals surface area contributed by atoms with E-state index < -0.39 is 23.5 Å². The molecule has 1 heterocycles. The standard InChI is InChI=1S/C15H10F3NS/c16-11-5-8(6-12(17)14(11)18)15(19)10-7-20-13-4-2-1-3-9(10)13/h1-7,15H,19H2. The van der Waals surface area contributed by atoms with Gasteiger partial charge >= 0.3 is 0 Å². The Hall–Kier alpha value is -1.85. The lowest BCUT2D eigenvalue weighted by molar-refractivity contribution is 0.444. The molecule has 0 spiro atoms. The summed E-state index contributed by atoms with van der Waals surface area (Å²) in [6, 6.07) is 8.81. The Balaban J connectivity index is 2.11. The highest BCUT2D eigenvalue weighted by Crippen LogP contribution is 2.32. The van der Waals surface area contributed by atoms with Crippen molar-refractivity contribution in [2.45, 2.75) is 6.04 Å². The van der Waals surface area contributed by atoms with Gasteiger partial charge in [0, 0.05) is 4.70 Å². The highest BCUT2D eigenvalue weighted by molar-refractivity contribution is 7.17. The van der Waals surface area contributed by atoms with Crippen LogP contribution in [-0.2, 0) is 0 Å². The largest absolute Gasteiger partial charge is 0.320 e. The lowest BCUT2D eigenvalue weighted by atomic mass is 9.99. The van der Waals surface area contributed by atoms with Crippen molar-refractivity contribution in [3.8, 4) is 0 Å². The molecule has 3 aromatic rings. The van der Waals surface area contributed by atoms with Crippen molar-refractivity contribution in [2.75, 3.05) is 0 Å². The number of fused-ring (bicyclic) bond motifs is 1. The Morgan fingerprint density at radius 3 is 2.35 bits per heavy atom. The minimum atomic E-state index is -1.48. The van der Waals surface area contributed by atoms with E-state index in [-0.39, 0.29) is 5.56 Å². The molecule has 0 saturated heterocycles. The third-order valence-corrected chi connectivity index (χ3v) is 4.19. The number of halogens is 3. The van der Waals surface area contributed by atoms with Crippen LogP contribution in [0.25, 0.3) is 10.1 Å². The first-order valence-electron chi connectivity index (χ1n) is 5.94. The molecule has 2 aromatic carbocycles. The Labute approximate surface area is 117 Å². The highest BCUT2D eigenvalue weighted by Gasteiger charge is 2.18. The molecule has 0 aliphatic carbocycles. The van der Waals surface area contributed by atoms with Gasteiger partial charge in [0.05, 0.1) is 6.04 Å². The molecule has 5 heteroatoms. The van der Waals surface area contributed by atoms with Gasteiger partial charge < -0.3 is 5.73 Å². The van der Waals surface area contributed by atoms with Crippen molar-refractivity contribution in [3.63, 3.8) is 0 Å². The summed E-state index contributed by atoms with van der Waals surface area (Å²) in [5.41, 5.74) is 7.05. The van der Waals surface area contributed by atoms with Crippen molar-refractivity contribution in [2.24, 2.45) is 5.73 Å². The van der Waals surface area contributed by atoms with E-state index in [2.05, 4.69) is 0 Å². The van der Waals surface area contributed by atoms with Gasteiger partial charge in [0.2, 0.25) is 0 Å². The quantitative estimate of drug-likeness (QED) is 0.698. The molecule has 0 bridgehead atoms. The van der Waals surface area contributed by atoms with Crippen molar-refractivity contribution in [1.82, 2.24) is 0 Å². The lowest BCUT2D eigenvalue weighted by Gasteiger charge is -2.12. The van der Waals surface area contributed by atoms with Crippen LogP contribution in [0, 0.1) is 17.5 Å². The molecule has 2 N–H and O–H groups in total. The van der Waals surface area contributed by atoms with Gasteiger partial charge in [-0.2, -0.15) is 0 Å². The van der Waals surface area contributed by atoms with E-state index in [4.69, 9.17) is 5.73 Å². The van der Waals surface area contributed by atoms with Crippen LogP contribution in [-0.4, -0.2) is 0 Å². The van der Waals surface area contributed by atoms with E-state index in [1.807, 2.05) is 29.6 Å². The molecule has 0 aliphatic heterocycles. The van der Waals surface area contributed by atoms with Gasteiger partial charge in [-0.3, -0.25) is 0 Å². The number of hydrogen-bond acceptors (Lipinski definition) is 2. The van der Waals surface area contributed by atoms with Crippen LogP contribution in [0.4, 0.5) is 13.2 Å². The smallest absolute Gasteiger partial charge is 0.194 e. The Morgan fingerprint density at radius 2 is 1.65 bits per heavy atom. The summed E-state index contributed by atoms with van der Waals surface area (Å²) in [4.78, 5) is 0. The first-order chi connectivity index (χ1) is 9.58. The van der Waals surface area contributed by atoms with E-state index in [9.17, 15) is 13.2 Å². The minimum Gasteiger partial charge on any atom is -0.320 e.